The molecule has 0 aliphatic carbocycles. The average molecular weight is 2060 g/mol. The van der Waals surface area contributed by atoms with Crippen LogP contribution < -0.4 is 243 Å². The minimum absolute atomic E-state index is 0. The molecule has 24 saturated heterocycles. The van der Waals surface area contributed by atoms with Crippen LogP contribution in [0.3, 0.4) is 0 Å². The monoisotopic (exact) mass is 2060 g/mol. The normalized spacial score (nSPS) is 37.1. The molecule has 24 rings (SSSR count). The van der Waals surface area contributed by atoms with Gasteiger partial charge in [-0.05, 0) is 143 Å². The average Bonchev–Trinajstić information content (AvgIpc) is 0.770. The van der Waals surface area contributed by atoms with E-state index in [-0.39, 0.29) is 384 Å². The zero-order chi connectivity index (χ0) is 89.7. The molecule has 0 radical (unpaired) electrons. The van der Waals surface area contributed by atoms with Crippen molar-refractivity contribution in [3.05, 3.63) is 0 Å². The first-order valence-electron chi connectivity index (χ1n) is 40.7. The summed E-state index contributed by atoms with van der Waals surface area (Å²) >= 11 is 7.56. The van der Waals surface area contributed by atoms with Gasteiger partial charge in [0.2, 0.25) is 0 Å². The minimum atomic E-state index is -2.26. The van der Waals surface area contributed by atoms with Gasteiger partial charge in [-0.1, -0.05) is 6.42 Å². The second-order valence-electron chi connectivity index (χ2n) is 30.7. The summed E-state index contributed by atoms with van der Waals surface area (Å²) in [6.07, 6.45) is -65.4. The molecular weight excluding hydrogens is 1950 g/mol. The Hall–Kier alpha value is 4.62. The maximum absolute atomic E-state index is 12.3. The summed E-state index contributed by atoms with van der Waals surface area (Å²) in [6, 6.07) is 0. The predicted octanol–water partition coefficient (Wildman–Crippen LogP) is -32.9. The molecule has 24 heterocycles. The number of aliphatic hydroxyl groups is 14. The van der Waals surface area contributed by atoms with Crippen LogP contribution in [0.2, 0.25) is 0 Å². The van der Waals surface area contributed by atoms with E-state index in [9.17, 15) is 141 Å². The van der Waals surface area contributed by atoms with Crippen LogP contribution in [0.1, 0.15) is 109 Å². The summed E-state index contributed by atoms with van der Waals surface area (Å²) in [5, 5.41) is 250. The molecule has 14 N–H and O–H groups in total. The standard InChI is InChI=1S/C74H120O42S7.7Na/c75-41(76)11-3-19-117-26-34-33-10-1-2-18-103-68-56(97)49(90)62(35(105-68)27-118-20-4-12-42(77)78)112-70-58(99)51(92)64(37(107-70)29-120-22-6-14-44(81)82)114-72-60(101)53(94)66(39(109-72)31-122-24-8-16-46(85)86)116-74-61(102)54(95)67(40(110-74)32-123-25-9-17-47(87)88)115-73-59(100)52(93)65(38(108-73)30-121-23-7-15-45(83)84)113-71-57(98)50(91)63(111-69(104-34)55(96)48(33)89)36(106-71)28-119-21-5-13-43(79)80;;;;;;;/h33-40,48-74,89-102H,1-32H2,(H,75,76)(H,77,78)(H,79,80)(H,81,82)(H,83,84)(H,85,86)(H,87,88);;;;;;;/q;7*+1/p-7. The van der Waals surface area contributed by atoms with E-state index in [0.717, 1.165) is 70.6 Å². The Bertz CT molecular complexity index is 3220. The molecule has 0 spiro atoms. The number of aliphatic hydroxyl groups excluding tert-OH is 14. The summed E-state index contributed by atoms with van der Waals surface area (Å²) in [6.45, 7) is -0.227. The molecule has 710 valence electrons. The number of hydrogen-bond acceptors (Lipinski definition) is 49. The van der Waals surface area contributed by atoms with Gasteiger partial charge in [-0.15, -0.1) is 0 Å². The third-order valence-corrected chi connectivity index (χ3v) is 29.3. The fourth-order valence-electron chi connectivity index (χ4n) is 14.8. The smallest absolute Gasteiger partial charge is 0.550 e. The summed E-state index contributed by atoms with van der Waals surface area (Å²) in [5.41, 5.74) is 0. The van der Waals surface area contributed by atoms with Crippen molar-refractivity contribution in [3.8, 4) is 0 Å². The molecule has 24 fully saturated rings. The van der Waals surface area contributed by atoms with Crippen LogP contribution in [0.25, 0.3) is 0 Å². The summed E-state index contributed by atoms with van der Waals surface area (Å²) in [4.78, 5) is 80.2. The second kappa shape index (κ2) is 69.7. The Morgan fingerprint density at radius 2 is 0.392 bits per heavy atom. The Morgan fingerprint density at radius 3 is 0.592 bits per heavy atom. The van der Waals surface area contributed by atoms with Crippen molar-refractivity contribution in [2.24, 2.45) is 5.92 Å². The van der Waals surface area contributed by atoms with E-state index in [4.69, 9.17) is 66.3 Å². The van der Waals surface area contributed by atoms with E-state index in [1.165, 1.54) is 11.8 Å². The van der Waals surface area contributed by atoms with Gasteiger partial charge in [0.05, 0.1) is 48.8 Å². The van der Waals surface area contributed by atoms with E-state index in [1.807, 2.05) is 0 Å². The number of carboxylic acid groups (broad SMARTS) is 7. The van der Waals surface area contributed by atoms with Gasteiger partial charge in [0.25, 0.3) is 0 Å². The van der Waals surface area contributed by atoms with Gasteiger partial charge in [-0.3, -0.25) is 0 Å². The van der Waals surface area contributed by atoms with Gasteiger partial charge in [0.15, 0.2) is 44.0 Å². The van der Waals surface area contributed by atoms with Crippen LogP contribution >= 0.6 is 82.3 Å². The topological polar surface area (TPSA) is 693 Å². The number of carbonyl (C=O) groups excluding carboxylic acids is 7. The first kappa shape index (κ1) is 133. The van der Waals surface area contributed by atoms with Gasteiger partial charge < -0.3 is 207 Å². The molecule has 0 saturated carbocycles. The quantitative estimate of drug-likeness (QED) is 0.0199. The number of thioether (sulfide) groups is 7. The van der Waals surface area contributed by atoms with Crippen LogP contribution in [0.4, 0.5) is 0 Å². The predicted molar refractivity (Wildman–Crippen MR) is 418 cm³/mol. The van der Waals surface area contributed by atoms with Crippen LogP contribution in [0, 0.1) is 5.92 Å². The van der Waals surface area contributed by atoms with Crippen LogP contribution in [0.5, 0.6) is 0 Å². The second-order valence-corrected chi connectivity index (χ2v) is 38.7. The van der Waals surface area contributed by atoms with Crippen LogP contribution in [-0.4, -0.2) is 409 Å². The molecule has 0 aromatic heterocycles. The summed E-state index contributed by atoms with van der Waals surface area (Å²) in [7, 11) is 0. The number of fused-ring (bicyclic) bond motifs is 1. The Labute approximate surface area is 936 Å². The van der Waals surface area contributed by atoms with Crippen molar-refractivity contribution < 1.29 is 414 Å². The van der Waals surface area contributed by atoms with E-state index in [1.54, 1.807) is 0 Å². The van der Waals surface area contributed by atoms with Crippen LogP contribution in [0.15, 0.2) is 0 Å². The maximum atomic E-state index is 12.3. The summed E-state index contributed by atoms with van der Waals surface area (Å²) in [5.74, 6) is -11.0. The fourth-order valence-corrected chi connectivity index (χ4v) is 22.0. The van der Waals surface area contributed by atoms with Gasteiger partial charge in [-0.2, -0.15) is 82.3 Å². The fraction of sp³-hybridized carbons (Fsp3) is 0.905. The van der Waals surface area contributed by atoms with Crippen molar-refractivity contribution in [3.63, 3.8) is 0 Å². The SMILES string of the molecule is O=C([O-])CCCSCC1OC2OC3C(CSCCCC(=O)[O-])OC(OC4C(CSCCCC(=O)[O-])OC(OC5C(CSCCCC(=O)[O-])OC(OC6C(CSCCCC(=O)[O-])OC(OC7C(CSCCCC(=O)[O-])OC(OC8C(CSCCCC(=O)[O-])OC(OCCCCC1C(O)C2O)C(O)C8O)C(O)C7O)C(O)C6O)C(O)C5O)C(O)C4O)C(O)C3O.[Na+].[Na+].[Na+].[Na+].[Na+].[Na+].[Na+]. The van der Waals surface area contributed by atoms with Crippen molar-refractivity contribution in [1.82, 2.24) is 0 Å². The molecule has 0 aromatic rings. The van der Waals surface area contributed by atoms with Crippen molar-refractivity contribution in [2.75, 3.05) is 87.1 Å². The molecule has 42 nitrogen and oxygen atoms in total. The molecule has 35 atom stereocenters. The van der Waals surface area contributed by atoms with Crippen molar-refractivity contribution in [2.45, 2.75) is 318 Å². The van der Waals surface area contributed by atoms with Gasteiger partial charge >= 0.3 is 207 Å². The molecule has 130 heavy (non-hydrogen) atoms. The molecule has 24 aliphatic heterocycles. The Morgan fingerprint density at radius 1 is 0.223 bits per heavy atom. The molecule has 0 amide bonds. The molecule has 0 aromatic carbocycles. The third-order valence-electron chi connectivity index (χ3n) is 21.3. The Balaban J connectivity index is 0.0000121. The third kappa shape index (κ3) is 42.5. The number of carboxylic acids is 7. The number of ether oxygens (including phenoxy) is 14. The van der Waals surface area contributed by atoms with E-state index in [2.05, 4.69) is 0 Å². The molecular formula is C74H113Na7O42S7. The van der Waals surface area contributed by atoms with E-state index < -0.39 is 276 Å². The first-order chi connectivity index (χ1) is 58.6. The van der Waals surface area contributed by atoms with Gasteiger partial charge in [0, 0.05) is 94.6 Å². The van der Waals surface area contributed by atoms with E-state index in [0.29, 0.717) is 0 Å². The maximum Gasteiger partial charge on any atom is 1.00 e. The zero-order valence-corrected chi connectivity index (χ0v) is 93.6. The van der Waals surface area contributed by atoms with Crippen molar-refractivity contribution in [1.29, 1.82) is 0 Å². The van der Waals surface area contributed by atoms with Crippen LogP contribution in [-0.2, 0) is 99.9 Å². The molecule has 14 bridgehead atoms. The molecule has 35 unspecified atom stereocenters. The van der Waals surface area contributed by atoms with E-state index >= 15 is 0 Å². The van der Waals surface area contributed by atoms with Gasteiger partial charge in [-0.25, -0.2) is 0 Å². The molecule has 24 aliphatic rings. The number of rotatable bonds is 42. The van der Waals surface area contributed by atoms with Crippen molar-refractivity contribution >= 4 is 124 Å². The molecule has 56 heteroatoms. The largest absolute Gasteiger partial charge is 1.00 e. The number of carbonyl (C=O) groups is 7. The number of hydrogen-bond donors (Lipinski definition) is 14. The Kier molecular flexibility index (Phi) is 71.1. The summed E-state index contributed by atoms with van der Waals surface area (Å²) < 4.78 is 88.5. The first-order valence-corrected chi connectivity index (χ1v) is 48.8. The van der Waals surface area contributed by atoms with Gasteiger partial charge in [0.1, 0.15) is 116 Å². The number of aliphatic carboxylic acids is 7. The zero-order valence-electron chi connectivity index (χ0n) is 73.9. The minimum Gasteiger partial charge on any atom is -0.550 e.